The largest absolute Gasteiger partial charge is 0.381 e. The van der Waals surface area contributed by atoms with Gasteiger partial charge in [0.05, 0.1) is 18.3 Å². The van der Waals surface area contributed by atoms with E-state index in [1.54, 1.807) is 7.11 Å². The van der Waals surface area contributed by atoms with Gasteiger partial charge in [0.15, 0.2) is 0 Å². The quantitative estimate of drug-likeness (QED) is 0.732. The van der Waals surface area contributed by atoms with E-state index in [0.29, 0.717) is 18.3 Å². The fourth-order valence-corrected chi connectivity index (χ4v) is 2.10. The molecule has 84 valence electrons. The van der Waals surface area contributed by atoms with Gasteiger partial charge in [-0.15, -0.1) is 0 Å². The van der Waals surface area contributed by atoms with Crippen molar-refractivity contribution in [1.29, 1.82) is 0 Å². The van der Waals surface area contributed by atoms with Gasteiger partial charge in [-0.1, -0.05) is 0 Å². The number of ether oxygens (including phenoxy) is 2. The molecule has 0 radical (unpaired) electrons. The van der Waals surface area contributed by atoms with Gasteiger partial charge < -0.3 is 14.8 Å². The summed E-state index contributed by atoms with van der Waals surface area (Å²) in [5, 5.41) is 3.13. The lowest BCUT2D eigenvalue weighted by Crippen LogP contribution is -2.33. The lowest BCUT2D eigenvalue weighted by atomic mass is 9.95. The summed E-state index contributed by atoms with van der Waals surface area (Å²) in [6.07, 6.45) is 5.79. The summed E-state index contributed by atoms with van der Waals surface area (Å²) >= 11 is 0. The van der Waals surface area contributed by atoms with Crippen molar-refractivity contribution in [2.75, 3.05) is 20.7 Å². The number of nitrogens with one attached hydrogen (secondary N) is 1. The first-order valence-electron chi connectivity index (χ1n) is 5.59. The highest BCUT2D eigenvalue weighted by atomic mass is 16.5. The molecule has 3 heteroatoms. The lowest BCUT2D eigenvalue weighted by molar-refractivity contribution is -0.0576. The van der Waals surface area contributed by atoms with Crippen LogP contribution >= 0.6 is 0 Å². The fraction of sp³-hybridized carbons (Fsp3) is 1.00. The molecule has 3 nitrogen and oxygen atoms in total. The molecule has 0 bridgehead atoms. The maximum absolute atomic E-state index is 5.92. The van der Waals surface area contributed by atoms with Crippen LogP contribution in [0.5, 0.6) is 0 Å². The van der Waals surface area contributed by atoms with E-state index in [-0.39, 0.29) is 0 Å². The van der Waals surface area contributed by atoms with Crippen LogP contribution in [0.4, 0.5) is 0 Å². The van der Waals surface area contributed by atoms with Crippen molar-refractivity contribution >= 4 is 0 Å². The summed E-state index contributed by atoms with van der Waals surface area (Å²) in [5.74, 6) is 0. The number of rotatable bonds is 5. The third-order valence-corrected chi connectivity index (χ3v) is 2.83. The normalized spacial score (nSPS) is 30.2. The Morgan fingerprint density at radius 3 is 2.71 bits per heavy atom. The van der Waals surface area contributed by atoms with Crippen LogP contribution in [-0.4, -0.2) is 39.0 Å². The van der Waals surface area contributed by atoms with Gasteiger partial charge in [-0.05, 0) is 39.7 Å². The van der Waals surface area contributed by atoms with E-state index in [4.69, 9.17) is 9.47 Å². The van der Waals surface area contributed by atoms with Crippen LogP contribution in [0.15, 0.2) is 0 Å². The maximum Gasteiger partial charge on any atom is 0.0675 e. The van der Waals surface area contributed by atoms with Crippen molar-refractivity contribution in [2.24, 2.45) is 0 Å². The van der Waals surface area contributed by atoms with E-state index < -0.39 is 0 Å². The van der Waals surface area contributed by atoms with Gasteiger partial charge in [0, 0.05) is 13.7 Å². The van der Waals surface area contributed by atoms with Crippen molar-refractivity contribution in [2.45, 2.75) is 50.9 Å². The fourth-order valence-electron chi connectivity index (χ4n) is 2.10. The van der Waals surface area contributed by atoms with Crippen molar-refractivity contribution in [1.82, 2.24) is 5.32 Å². The van der Waals surface area contributed by atoms with E-state index in [2.05, 4.69) is 12.2 Å². The molecule has 0 heterocycles. The minimum atomic E-state index is 0.306. The molecule has 0 amide bonds. The molecule has 1 rings (SSSR count). The summed E-state index contributed by atoms with van der Waals surface area (Å²) in [7, 11) is 3.75. The average Bonchev–Trinajstić information content (AvgIpc) is 2.18. The van der Waals surface area contributed by atoms with Gasteiger partial charge in [0.25, 0.3) is 0 Å². The Morgan fingerprint density at radius 2 is 2.07 bits per heavy atom. The molecular weight excluding hydrogens is 178 g/mol. The van der Waals surface area contributed by atoms with E-state index in [1.165, 1.54) is 19.3 Å². The second kappa shape index (κ2) is 6.38. The highest BCUT2D eigenvalue weighted by Crippen LogP contribution is 2.23. The second-order valence-corrected chi connectivity index (χ2v) is 4.15. The summed E-state index contributed by atoms with van der Waals surface area (Å²) in [6, 6.07) is 0. The summed E-state index contributed by atoms with van der Waals surface area (Å²) in [6.45, 7) is 3.04. The number of hydrogen-bond donors (Lipinski definition) is 1. The smallest absolute Gasteiger partial charge is 0.0675 e. The molecule has 1 aliphatic carbocycles. The number of methoxy groups -OCH3 is 1. The van der Waals surface area contributed by atoms with Crippen LogP contribution in [0.2, 0.25) is 0 Å². The Labute approximate surface area is 87.2 Å². The first-order valence-corrected chi connectivity index (χ1v) is 5.59. The third-order valence-electron chi connectivity index (χ3n) is 2.83. The Kier molecular flexibility index (Phi) is 5.45. The van der Waals surface area contributed by atoms with Crippen molar-refractivity contribution < 1.29 is 9.47 Å². The van der Waals surface area contributed by atoms with Gasteiger partial charge in [0.1, 0.15) is 0 Å². The van der Waals surface area contributed by atoms with Crippen LogP contribution in [-0.2, 0) is 9.47 Å². The molecule has 0 aromatic heterocycles. The van der Waals surface area contributed by atoms with E-state index in [0.717, 1.165) is 13.0 Å². The van der Waals surface area contributed by atoms with E-state index >= 15 is 0 Å². The van der Waals surface area contributed by atoms with Crippen molar-refractivity contribution in [3.8, 4) is 0 Å². The summed E-state index contributed by atoms with van der Waals surface area (Å²) < 4.78 is 11.3. The van der Waals surface area contributed by atoms with E-state index in [9.17, 15) is 0 Å². The van der Waals surface area contributed by atoms with Crippen LogP contribution < -0.4 is 5.32 Å². The molecule has 1 N–H and O–H groups in total. The highest BCUT2D eigenvalue weighted by molar-refractivity contribution is 4.74. The monoisotopic (exact) mass is 201 g/mol. The first-order chi connectivity index (χ1) is 6.76. The zero-order valence-corrected chi connectivity index (χ0v) is 9.58. The Hall–Kier alpha value is -0.120. The van der Waals surface area contributed by atoms with Gasteiger partial charge in [-0.25, -0.2) is 0 Å². The molecule has 0 spiro atoms. The predicted molar refractivity (Wildman–Crippen MR) is 57.5 cm³/mol. The molecule has 0 saturated heterocycles. The van der Waals surface area contributed by atoms with Crippen LogP contribution in [0.25, 0.3) is 0 Å². The third kappa shape index (κ3) is 3.95. The molecule has 14 heavy (non-hydrogen) atoms. The standard InChI is InChI=1S/C11H23NO2/c1-9(8-12-2)14-11-6-4-5-10(7-11)13-3/h9-12H,4-8H2,1-3H3. The maximum atomic E-state index is 5.92. The molecular formula is C11H23NO2. The van der Waals surface area contributed by atoms with E-state index in [1.807, 2.05) is 7.05 Å². The zero-order chi connectivity index (χ0) is 10.4. The van der Waals surface area contributed by atoms with Crippen LogP contribution in [0.3, 0.4) is 0 Å². The van der Waals surface area contributed by atoms with Gasteiger partial charge in [-0.3, -0.25) is 0 Å². The molecule has 0 aliphatic heterocycles. The second-order valence-electron chi connectivity index (χ2n) is 4.15. The molecule has 1 fully saturated rings. The molecule has 1 aliphatic rings. The van der Waals surface area contributed by atoms with Gasteiger partial charge in [0.2, 0.25) is 0 Å². The van der Waals surface area contributed by atoms with Gasteiger partial charge >= 0.3 is 0 Å². The Bertz CT molecular complexity index is 152. The molecule has 0 aromatic rings. The molecule has 0 aromatic carbocycles. The van der Waals surface area contributed by atoms with Gasteiger partial charge in [-0.2, -0.15) is 0 Å². The molecule has 3 unspecified atom stereocenters. The summed E-state index contributed by atoms with van der Waals surface area (Å²) in [4.78, 5) is 0. The topological polar surface area (TPSA) is 30.5 Å². The van der Waals surface area contributed by atoms with Crippen molar-refractivity contribution in [3.63, 3.8) is 0 Å². The predicted octanol–water partition coefficient (Wildman–Crippen LogP) is 1.57. The summed E-state index contributed by atoms with van der Waals surface area (Å²) in [5.41, 5.74) is 0. The molecule has 1 saturated carbocycles. The van der Waals surface area contributed by atoms with Crippen LogP contribution in [0.1, 0.15) is 32.6 Å². The Morgan fingerprint density at radius 1 is 1.36 bits per heavy atom. The number of hydrogen-bond acceptors (Lipinski definition) is 3. The lowest BCUT2D eigenvalue weighted by Gasteiger charge is -2.30. The number of likely N-dealkylation sites (N-methyl/N-ethyl adjacent to an activating group) is 1. The SMILES string of the molecule is CNCC(C)OC1CCCC(OC)C1. The minimum Gasteiger partial charge on any atom is -0.381 e. The van der Waals surface area contributed by atoms with Crippen LogP contribution in [0, 0.1) is 0 Å². The Balaban J connectivity index is 2.22. The zero-order valence-electron chi connectivity index (χ0n) is 9.58. The average molecular weight is 201 g/mol. The molecule has 3 atom stereocenters. The van der Waals surface area contributed by atoms with Crippen molar-refractivity contribution in [3.05, 3.63) is 0 Å². The highest BCUT2D eigenvalue weighted by Gasteiger charge is 2.23. The first kappa shape index (κ1) is 12.0. The minimum absolute atomic E-state index is 0.306.